The van der Waals surface area contributed by atoms with E-state index < -0.39 is 16.0 Å². The summed E-state index contributed by atoms with van der Waals surface area (Å²) < 4.78 is 29.7. The van der Waals surface area contributed by atoms with Crippen LogP contribution in [0.1, 0.15) is 15.5 Å². The molecule has 0 aliphatic heterocycles. The summed E-state index contributed by atoms with van der Waals surface area (Å²) in [4.78, 5) is 16.6. The average Bonchev–Trinajstić information content (AvgIpc) is 2.78. The molecule has 0 saturated carbocycles. The minimum Gasteiger partial charge on any atom is -0.464 e. The van der Waals surface area contributed by atoms with Gasteiger partial charge >= 0.3 is 5.97 Å². The molecule has 0 spiro atoms. The van der Waals surface area contributed by atoms with Gasteiger partial charge in [0.2, 0.25) is 10.0 Å². The van der Waals surface area contributed by atoms with Gasteiger partial charge in [0.25, 0.3) is 0 Å². The molecule has 1 aromatic heterocycles. The van der Waals surface area contributed by atoms with Crippen molar-refractivity contribution < 1.29 is 17.9 Å². The molecule has 1 heterocycles. The first kappa shape index (κ1) is 15.5. The number of hydrogen-bond donors (Lipinski definition) is 1. The van der Waals surface area contributed by atoms with Crippen LogP contribution in [0.3, 0.4) is 0 Å². The number of carbonyl (C=O) groups is 1. The molecule has 1 N–H and O–H groups in total. The molecule has 0 amide bonds. The standard InChI is InChI=1S/C13H14N2O4S2/c1-8-14-11(13(16)19-2)12(20-8)9-5-4-6-10(7-9)15-21(3,17)18/h4-7,15H,1-3H3. The van der Waals surface area contributed by atoms with Crippen LogP contribution in [0.15, 0.2) is 24.3 Å². The first-order valence-electron chi connectivity index (χ1n) is 5.94. The van der Waals surface area contributed by atoms with Crippen LogP contribution in [0.5, 0.6) is 0 Å². The van der Waals surface area contributed by atoms with Gasteiger partial charge in [-0.15, -0.1) is 11.3 Å². The Bertz CT molecular complexity index is 781. The van der Waals surface area contributed by atoms with Crippen molar-refractivity contribution in [2.75, 3.05) is 18.1 Å². The van der Waals surface area contributed by atoms with E-state index in [1.165, 1.54) is 18.4 Å². The number of rotatable bonds is 4. The molecule has 8 heteroatoms. The van der Waals surface area contributed by atoms with E-state index in [2.05, 4.69) is 9.71 Å². The highest BCUT2D eigenvalue weighted by molar-refractivity contribution is 7.92. The molecule has 2 aromatic rings. The minimum atomic E-state index is -3.36. The predicted molar refractivity (Wildman–Crippen MR) is 82.1 cm³/mol. The van der Waals surface area contributed by atoms with Crippen LogP contribution < -0.4 is 4.72 Å². The molecule has 0 saturated heterocycles. The molecule has 0 aliphatic carbocycles. The molecule has 21 heavy (non-hydrogen) atoms. The summed E-state index contributed by atoms with van der Waals surface area (Å²) >= 11 is 1.35. The van der Waals surface area contributed by atoms with E-state index in [0.29, 0.717) is 16.1 Å². The van der Waals surface area contributed by atoms with Crippen LogP contribution in [-0.4, -0.2) is 32.7 Å². The third-order valence-corrected chi connectivity index (χ3v) is 4.17. The van der Waals surface area contributed by atoms with Gasteiger partial charge in [-0.25, -0.2) is 18.2 Å². The molecule has 1 aromatic carbocycles. The maximum absolute atomic E-state index is 11.7. The van der Waals surface area contributed by atoms with E-state index in [-0.39, 0.29) is 5.69 Å². The summed E-state index contributed by atoms with van der Waals surface area (Å²) in [5.41, 5.74) is 1.36. The summed E-state index contributed by atoms with van der Waals surface area (Å²) in [5.74, 6) is -0.518. The Labute approximate surface area is 126 Å². The predicted octanol–water partition coefficient (Wildman–Crippen LogP) is 2.28. The normalized spacial score (nSPS) is 11.2. The number of sulfonamides is 1. The molecular formula is C13H14N2O4S2. The number of nitrogens with one attached hydrogen (secondary N) is 1. The van der Waals surface area contributed by atoms with Crippen molar-refractivity contribution in [3.63, 3.8) is 0 Å². The largest absolute Gasteiger partial charge is 0.464 e. The van der Waals surface area contributed by atoms with Crippen LogP contribution >= 0.6 is 11.3 Å². The number of hydrogen-bond acceptors (Lipinski definition) is 6. The smallest absolute Gasteiger partial charge is 0.358 e. The Hall–Kier alpha value is -1.93. The fourth-order valence-corrected chi connectivity index (χ4v) is 3.25. The SMILES string of the molecule is COC(=O)c1nc(C)sc1-c1cccc(NS(C)(=O)=O)c1. The van der Waals surface area contributed by atoms with Gasteiger partial charge in [0, 0.05) is 5.69 Å². The van der Waals surface area contributed by atoms with Gasteiger partial charge in [0.05, 0.1) is 23.3 Å². The van der Waals surface area contributed by atoms with Gasteiger partial charge in [0.15, 0.2) is 5.69 Å². The maximum Gasteiger partial charge on any atom is 0.358 e. The van der Waals surface area contributed by atoms with Gasteiger partial charge in [0.1, 0.15) is 0 Å². The zero-order valence-electron chi connectivity index (χ0n) is 11.7. The monoisotopic (exact) mass is 326 g/mol. The summed E-state index contributed by atoms with van der Waals surface area (Å²) in [7, 11) is -2.06. The topological polar surface area (TPSA) is 85.4 Å². The Kier molecular flexibility index (Phi) is 4.29. The van der Waals surface area contributed by atoms with Crippen molar-refractivity contribution in [3.8, 4) is 10.4 Å². The number of aromatic nitrogens is 1. The fourth-order valence-electron chi connectivity index (χ4n) is 1.80. The molecule has 6 nitrogen and oxygen atoms in total. The zero-order valence-corrected chi connectivity index (χ0v) is 13.3. The van der Waals surface area contributed by atoms with E-state index in [4.69, 9.17) is 4.74 Å². The number of carbonyl (C=O) groups excluding carboxylic acids is 1. The third-order valence-electron chi connectivity index (χ3n) is 2.54. The van der Waals surface area contributed by atoms with Crippen molar-refractivity contribution in [1.82, 2.24) is 4.98 Å². The van der Waals surface area contributed by atoms with Crippen molar-refractivity contribution in [2.45, 2.75) is 6.92 Å². The summed E-state index contributed by atoms with van der Waals surface area (Å²) in [6.45, 7) is 1.79. The number of nitrogens with zero attached hydrogens (tertiary/aromatic N) is 1. The lowest BCUT2D eigenvalue weighted by Crippen LogP contribution is -2.09. The number of aryl methyl sites for hydroxylation is 1. The highest BCUT2D eigenvalue weighted by atomic mass is 32.2. The van der Waals surface area contributed by atoms with Crippen LogP contribution in [0, 0.1) is 6.92 Å². The maximum atomic E-state index is 11.7. The van der Waals surface area contributed by atoms with Gasteiger partial charge in [-0.05, 0) is 24.6 Å². The van der Waals surface area contributed by atoms with Crippen LogP contribution in [0.2, 0.25) is 0 Å². The molecule has 0 unspecified atom stereocenters. The Morgan fingerprint density at radius 2 is 2.10 bits per heavy atom. The average molecular weight is 326 g/mol. The lowest BCUT2D eigenvalue weighted by atomic mass is 10.1. The second kappa shape index (κ2) is 5.82. The molecule has 0 atom stereocenters. The van der Waals surface area contributed by atoms with Crippen LogP contribution in [0.4, 0.5) is 5.69 Å². The molecule has 0 radical (unpaired) electrons. The fraction of sp³-hybridized carbons (Fsp3) is 0.231. The Balaban J connectivity index is 2.48. The number of methoxy groups -OCH3 is 1. The van der Waals surface area contributed by atoms with E-state index in [1.54, 1.807) is 31.2 Å². The van der Waals surface area contributed by atoms with Gasteiger partial charge < -0.3 is 4.74 Å². The number of esters is 1. The zero-order chi connectivity index (χ0) is 15.6. The number of ether oxygens (including phenoxy) is 1. The second-order valence-electron chi connectivity index (χ2n) is 4.36. The molecule has 0 fully saturated rings. The summed E-state index contributed by atoms with van der Waals surface area (Å²) in [6.07, 6.45) is 1.08. The van der Waals surface area contributed by atoms with Crippen molar-refractivity contribution in [2.24, 2.45) is 0 Å². The Morgan fingerprint density at radius 3 is 2.71 bits per heavy atom. The summed E-state index contributed by atoms with van der Waals surface area (Å²) in [6, 6.07) is 6.78. The lowest BCUT2D eigenvalue weighted by molar-refractivity contribution is 0.0595. The highest BCUT2D eigenvalue weighted by Gasteiger charge is 2.19. The highest BCUT2D eigenvalue weighted by Crippen LogP contribution is 2.32. The number of anilines is 1. The first-order valence-corrected chi connectivity index (χ1v) is 8.65. The molecule has 2 rings (SSSR count). The first-order chi connectivity index (χ1) is 9.80. The number of thiazole rings is 1. The van der Waals surface area contributed by atoms with Crippen LogP contribution in [-0.2, 0) is 14.8 Å². The van der Waals surface area contributed by atoms with E-state index in [0.717, 1.165) is 11.3 Å². The molecule has 0 aliphatic rings. The molecular weight excluding hydrogens is 312 g/mol. The van der Waals surface area contributed by atoms with Crippen LogP contribution in [0.25, 0.3) is 10.4 Å². The summed E-state index contributed by atoms with van der Waals surface area (Å²) in [5, 5.41) is 0.729. The minimum absolute atomic E-state index is 0.233. The lowest BCUT2D eigenvalue weighted by Gasteiger charge is -2.06. The van der Waals surface area contributed by atoms with Crippen molar-refractivity contribution in [3.05, 3.63) is 35.0 Å². The van der Waals surface area contributed by atoms with E-state index >= 15 is 0 Å². The second-order valence-corrected chi connectivity index (χ2v) is 7.31. The van der Waals surface area contributed by atoms with Gasteiger partial charge in [-0.1, -0.05) is 12.1 Å². The van der Waals surface area contributed by atoms with E-state index in [1.807, 2.05) is 0 Å². The number of benzene rings is 1. The molecule has 0 bridgehead atoms. The Morgan fingerprint density at radius 1 is 1.38 bits per heavy atom. The van der Waals surface area contributed by atoms with Gasteiger partial charge in [-0.2, -0.15) is 0 Å². The van der Waals surface area contributed by atoms with Gasteiger partial charge in [-0.3, -0.25) is 4.72 Å². The van der Waals surface area contributed by atoms with Crippen molar-refractivity contribution >= 4 is 33.0 Å². The van der Waals surface area contributed by atoms with E-state index in [9.17, 15) is 13.2 Å². The van der Waals surface area contributed by atoms with Crippen molar-refractivity contribution in [1.29, 1.82) is 0 Å². The quantitative estimate of drug-likeness (QED) is 0.871. The molecule has 112 valence electrons. The third kappa shape index (κ3) is 3.79.